The molecule has 0 aromatic rings. The molecule has 0 aliphatic rings. The number of aliphatic hydroxyl groups is 1. The third-order valence-corrected chi connectivity index (χ3v) is 1.56. The SMILES string of the molecule is C=C/C(O)=C(\C=C)NS(C)(=O)=O.CC. The number of rotatable bonds is 4. The lowest BCUT2D eigenvalue weighted by atomic mass is 10.3. The molecule has 0 atom stereocenters. The molecule has 0 aromatic carbocycles. The van der Waals surface area contributed by atoms with E-state index in [1.165, 1.54) is 6.08 Å². The summed E-state index contributed by atoms with van der Waals surface area (Å²) in [7, 11) is -3.38. The molecule has 0 amide bonds. The van der Waals surface area contributed by atoms with Gasteiger partial charge in [0.1, 0.15) is 5.76 Å². The Bertz CT molecular complexity index is 315. The zero-order valence-corrected chi connectivity index (χ0v) is 9.56. The highest BCUT2D eigenvalue weighted by molar-refractivity contribution is 7.88. The van der Waals surface area contributed by atoms with Crippen LogP contribution in [0.4, 0.5) is 0 Å². The van der Waals surface area contributed by atoms with Gasteiger partial charge in [0.25, 0.3) is 0 Å². The average Bonchev–Trinajstić information content (AvgIpc) is 2.15. The van der Waals surface area contributed by atoms with E-state index in [1.807, 2.05) is 13.8 Å². The molecule has 0 radical (unpaired) electrons. The Labute approximate surface area is 85.7 Å². The molecule has 0 saturated carbocycles. The molecule has 2 N–H and O–H groups in total. The van der Waals surface area contributed by atoms with Crippen LogP contribution in [0.2, 0.25) is 0 Å². The van der Waals surface area contributed by atoms with Gasteiger partial charge in [-0.1, -0.05) is 27.0 Å². The van der Waals surface area contributed by atoms with E-state index in [2.05, 4.69) is 17.9 Å². The van der Waals surface area contributed by atoms with Crippen LogP contribution >= 0.6 is 0 Å². The number of nitrogens with one attached hydrogen (secondary N) is 1. The van der Waals surface area contributed by atoms with E-state index in [0.717, 1.165) is 12.3 Å². The van der Waals surface area contributed by atoms with E-state index in [4.69, 9.17) is 5.11 Å². The van der Waals surface area contributed by atoms with Crippen molar-refractivity contribution in [1.82, 2.24) is 4.72 Å². The molecule has 4 nitrogen and oxygen atoms in total. The van der Waals surface area contributed by atoms with Gasteiger partial charge in [0.2, 0.25) is 10.0 Å². The molecule has 0 heterocycles. The molecule has 82 valence electrons. The van der Waals surface area contributed by atoms with Gasteiger partial charge in [-0.05, 0) is 12.2 Å². The smallest absolute Gasteiger partial charge is 0.229 e. The van der Waals surface area contributed by atoms with Crippen molar-refractivity contribution in [3.05, 3.63) is 36.8 Å². The summed E-state index contributed by atoms with van der Waals surface area (Å²) in [6.07, 6.45) is 3.29. The van der Waals surface area contributed by atoms with E-state index < -0.39 is 10.0 Å². The number of sulfonamides is 1. The molecule has 0 bridgehead atoms. The molecule has 5 heteroatoms. The van der Waals surface area contributed by atoms with Gasteiger partial charge < -0.3 is 5.11 Å². The molecule has 0 spiro atoms. The highest BCUT2D eigenvalue weighted by Gasteiger charge is 2.04. The summed E-state index contributed by atoms with van der Waals surface area (Å²) in [4.78, 5) is 0. The summed E-state index contributed by atoms with van der Waals surface area (Å²) in [6, 6.07) is 0. The minimum absolute atomic E-state index is 0.0208. The van der Waals surface area contributed by atoms with Gasteiger partial charge in [0, 0.05) is 0 Å². The molecule has 14 heavy (non-hydrogen) atoms. The van der Waals surface area contributed by atoms with Gasteiger partial charge in [-0.25, -0.2) is 8.42 Å². The van der Waals surface area contributed by atoms with Gasteiger partial charge in [0.05, 0.1) is 12.0 Å². The summed E-state index contributed by atoms with van der Waals surface area (Å²) < 4.78 is 23.4. The second kappa shape index (κ2) is 7.20. The Hall–Kier alpha value is -1.23. The quantitative estimate of drug-likeness (QED) is 0.558. The minimum atomic E-state index is -3.38. The van der Waals surface area contributed by atoms with E-state index in [9.17, 15) is 8.42 Å². The largest absolute Gasteiger partial charge is 0.506 e. The molecule has 0 aliphatic heterocycles. The Morgan fingerprint density at radius 1 is 1.29 bits per heavy atom. The first-order valence-electron chi connectivity index (χ1n) is 4.06. The summed E-state index contributed by atoms with van der Waals surface area (Å²) in [5, 5.41) is 9.04. The normalized spacial score (nSPS) is 11.6. The maximum Gasteiger partial charge on any atom is 0.229 e. The third-order valence-electron chi connectivity index (χ3n) is 0.969. The minimum Gasteiger partial charge on any atom is -0.506 e. The van der Waals surface area contributed by atoms with Crippen LogP contribution in [-0.4, -0.2) is 19.8 Å². The number of allylic oxidation sites excluding steroid dienone is 2. The highest BCUT2D eigenvalue weighted by atomic mass is 32.2. The van der Waals surface area contributed by atoms with Crippen molar-refractivity contribution in [2.75, 3.05) is 6.26 Å². The lowest BCUT2D eigenvalue weighted by molar-refractivity contribution is 0.425. The maximum absolute atomic E-state index is 10.7. The van der Waals surface area contributed by atoms with Gasteiger partial charge >= 0.3 is 0 Å². The summed E-state index contributed by atoms with van der Waals surface area (Å²) in [5.41, 5.74) is 0.0208. The van der Waals surface area contributed by atoms with E-state index in [1.54, 1.807) is 0 Å². The summed E-state index contributed by atoms with van der Waals surface area (Å²) in [5.74, 6) is -0.254. The van der Waals surface area contributed by atoms with Crippen molar-refractivity contribution in [3.8, 4) is 0 Å². The van der Waals surface area contributed by atoms with E-state index >= 15 is 0 Å². The van der Waals surface area contributed by atoms with Crippen molar-refractivity contribution in [2.45, 2.75) is 13.8 Å². The van der Waals surface area contributed by atoms with Gasteiger partial charge in [-0.3, -0.25) is 4.72 Å². The summed E-state index contributed by atoms with van der Waals surface area (Å²) >= 11 is 0. The molecule has 0 aliphatic carbocycles. The second-order valence-electron chi connectivity index (χ2n) is 2.08. The lowest BCUT2D eigenvalue weighted by Crippen LogP contribution is -2.21. The lowest BCUT2D eigenvalue weighted by Gasteiger charge is -2.04. The van der Waals surface area contributed by atoms with Crippen molar-refractivity contribution in [2.24, 2.45) is 0 Å². The fourth-order valence-electron chi connectivity index (χ4n) is 0.508. The second-order valence-corrected chi connectivity index (χ2v) is 3.83. The monoisotopic (exact) mass is 219 g/mol. The average molecular weight is 219 g/mol. The van der Waals surface area contributed by atoms with Gasteiger partial charge in [0.15, 0.2) is 0 Å². The number of hydrogen-bond acceptors (Lipinski definition) is 3. The first-order valence-corrected chi connectivity index (χ1v) is 5.95. The Morgan fingerprint density at radius 3 is 1.93 bits per heavy atom. The Kier molecular flexibility index (Phi) is 7.84. The number of hydrogen-bond donors (Lipinski definition) is 2. The topological polar surface area (TPSA) is 66.4 Å². The fraction of sp³-hybridized carbons (Fsp3) is 0.333. The highest BCUT2D eigenvalue weighted by Crippen LogP contribution is 2.00. The van der Waals surface area contributed by atoms with Crippen LogP contribution in [0.5, 0.6) is 0 Å². The maximum atomic E-state index is 10.7. The zero-order valence-electron chi connectivity index (χ0n) is 8.74. The molecular weight excluding hydrogens is 202 g/mol. The van der Waals surface area contributed by atoms with Crippen LogP contribution in [-0.2, 0) is 10.0 Å². The van der Waals surface area contributed by atoms with Crippen molar-refractivity contribution < 1.29 is 13.5 Å². The standard InChI is InChI=1S/C7H11NO3S.C2H6/c1-4-6(7(9)5-2)8-12(3,10)11;1-2/h4-5,8-9H,1-2H2,3H3;1-2H3/b7-6-;. The summed E-state index contributed by atoms with van der Waals surface area (Å²) in [6.45, 7) is 10.6. The van der Waals surface area contributed by atoms with Crippen LogP contribution in [0.3, 0.4) is 0 Å². The van der Waals surface area contributed by atoms with E-state index in [0.29, 0.717) is 0 Å². The predicted octanol–water partition coefficient (Wildman–Crippen LogP) is 1.70. The van der Waals surface area contributed by atoms with Crippen molar-refractivity contribution in [3.63, 3.8) is 0 Å². The molecule has 0 aromatic heterocycles. The first kappa shape index (κ1) is 15.3. The van der Waals surface area contributed by atoms with Crippen molar-refractivity contribution >= 4 is 10.0 Å². The fourth-order valence-corrected chi connectivity index (χ4v) is 1.10. The molecule has 0 rings (SSSR count). The van der Waals surface area contributed by atoms with E-state index in [-0.39, 0.29) is 11.5 Å². The predicted molar refractivity (Wildman–Crippen MR) is 59.4 cm³/mol. The van der Waals surface area contributed by atoms with Crippen LogP contribution in [0.15, 0.2) is 36.8 Å². The molecule has 0 saturated heterocycles. The zero-order chi connectivity index (χ0) is 11.8. The Morgan fingerprint density at radius 2 is 1.71 bits per heavy atom. The molecule has 0 fully saturated rings. The van der Waals surface area contributed by atoms with Crippen LogP contribution < -0.4 is 4.72 Å². The van der Waals surface area contributed by atoms with Crippen LogP contribution in [0.25, 0.3) is 0 Å². The Balaban J connectivity index is 0. The van der Waals surface area contributed by atoms with Crippen LogP contribution in [0.1, 0.15) is 13.8 Å². The number of aliphatic hydroxyl groups excluding tert-OH is 1. The van der Waals surface area contributed by atoms with Crippen LogP contribution in [0, 0.1) is 0 Å². The first-order chi connectivity index (χ1) is 6.40. The molecular formula is C9H17NO3S. The third kappa shape index (κ3) is 7.42. The van der Waals surface area contributed by atoms with Gasteiger partial charge in [-0.15, -0.1) is 0 Å². The van der Waals surface area contributed by atoms with Gasteiger partial charge in [-0.2, -0.15) is 0 Å². The van der Waals surface area contributed by atoms with Crippen molar-refractivity contribution in [1.29, 1.82) is 0 Å². The molecule has 0 unspecified atom stereocenters.